The van der Waals surface area contributed by atoms with E-state index in [1.54, 1.807) is 11.8 Å². The lowest BCUT2D eigenvalue weighted by Gasteiger charge is -2.01. The number of thioether (sulfide) groups is 1. The summed E-state index contributed by atoms with van der Waals surface area (Å²) in [6.45, 7) is 2.09. The lowest BCUT2D eigenvalue weighted by molar-refractivity contribution is 0.425. The largest absolute Gasteiger partial charge is 0.390 e. The minimum atomic E-state index is 0.490. The van der Waals surface area contributed by atoms with E-state index in [-0.39, 0.29) is 0 Å². The second-order valence-electron chi connectivity index (χ2n) is 4.27. The maximum atomic E-state index is 5.85. The second kappa shape index (κ2) is 5.68. The molecule has 3 rings (SSSR count). The Labute approximate surface area is 125 Å². The van der Waals surface area contributed by atoms with Gasteiger partial charge in [0.05, 0.1) is 16.3 Å². The molecule has 0 aliphatic carbocycles. The summed E-state index contributed by atoms with van der Waals surface area (Å²) >= 11 is 3.17. The first-order valence-electron chi connectivity index (χ1n) is 6.08. The zero-order valence-electron chi connectivity index (χ0n) is 10.9. The Bertz CT molecular complexity index is 721. The molecule has 20 heavy (non-hydrogen) atoms. The number of hydrogen-bond donors (Lipinski definition) is 1. The second-order valence-corrected chi connectivity index (χ2v) is 6.23. The molecule has 3 aromatic rings. The summed E-state index contributed by atoms with van der Waals surface area (Å²) in [5, 5.41) is 6.61. The molecule has 2 heterocycles. The summed E-state index contributed by atoms with van der Waals surface area (Å²) in [5.74, 6) is 1.85. The number of benzene rings is 1. The van der Waals surface area contributed by atoms with E-state index < -0.39 is 0 Å². The van der Waals surface area contributed by atoms with Gasteiger partial charge in [0.2, 0.25) is 0 Å². The maximum Gasteiger partial charge on any atom is 0.260 e. The maximum absolute atomic E-state index is 5.85. The number of aryl methyl sites for hydroxylation is 1. The third kappa shape index (κ3) is 2.71. The van der Waals surface area contributed by atoms with Crippen LogP contribution < -0.4 is 5.73 Å². The van der Waals surface area contributed by atoms with Crippen molar-refractivity contribution in [1.82, 2.24) is 10.1 Å². The molecule has 0 bridgehead atoms. The third-order valence-electron chi connectivity index (χ3n) is 2.84. The summed E-state index contributed by atoms with van der Waals surface area (Å²) in [6.07, 6.45) is 0. The average Bonchev–Trinajstić information content (AvgIpc) is 3.06. The van der Waals surface area contributed by atoms with Gasteiger partial charge in [0.25, 0.3) is 5.89 Å². The lowest BCUT2D eigenvalue weighted by Crippen LogP contribution is -1.86. The Kier molecular flexibility index (Phi) is 3.75. The molecule has 0 aliphatic heterocycles. The van der Waals surface area contributed by atoms with Gasteiger partial charge in [0.15, 0.2) is 5.82 Å². The number of nitrogens with two attached hydrogens (primary N) is 1. The molecule has 102 valence electrons. The van der Waals surface area contributed by atoms with Crippen LogP contribution in [-0.2, 0) is 5.75 Å². The molecule has 0 fully saturated rings. The highest BCUT2D eigenvalue weighted by Gasteiger charge is 2.12. The van der Waals surface area contributed by atoms with Crippen molar-refractivity contribution in [2.24, 2.45) is 0 Å². The normalized spacial score (nSPS) is 10.8. The van der Waals surface area contributed by atoms with Crippen LogP contribution in [0.25, 0.3) is 11.5 Å². The van der Waals surface area contributed by atoms with Crippen LogP contribution in [0.1, 0.15) is 11.4 Å². The molecule has 2 N–H and O–H groups in total. The van der Waals surface area contributed by atoms with E-state index in [2.05, 4.69) is 29.2 Å². The topological polar surface area (TPSA) is 64.9 Å². The molecule has 0 atom stereocenters. The lowest BCUT2D eigenvalue weighted by atomic mass is 10.2. The molecule has 0 spiro atoms. The molecule has 2 aromatic heterocycles. The van der Waals surface area contributed by atoms with Crippen LogP contribution in [-0.4, -0.2) is 10.1 Å². The molecule has 1 aromatic carbocycles. The molecule has 0 amide bonds. The Morgan fingerprint density at radius 2 is 2.15 bits per heavy atom. The van der Waals surface area contributed by atoms with E-state index in [0.717, 1.165) is 5.56 Å². The van der Waals surface area contributed by atoms with Crippen LogP contribution in [0.15, 0.2) is 45.1 Å². The zero-order valence-corrected chi connectivity index (χ0v) is 12.5. The number of aromatic nitrogens is 2. The molecule has 0 saturated heterocycles. The number of rotatable bonds is 4. The predicted octanol–water partition coefficient (Wildman–Crippen LogP) is 3.98. The highest BCUT2D eigenvalue weighted by atomic mass is 32.2. The van der Waals surface area contributed by atoms with Crippen molar-refractivity contribution in [1.29, 1.82) is 0 Å². The SMILES string of the molecule is Cc1ccccc1SCc1noc(-c2ccsc2N)n1. The van der Waals surface area contributed by atoms with Gasteiger partial charge in [-0.2, -0.15) is 4.98 Å². The highest BCUT2D eigenvalue weighted by Crippen LogP contribution is 2.30. The fraction of sp³-hybridized carbons (Fsp3) is 0.143. The predicted molar refractivity (Wildman–Crippen MR) is 82.8 cm³/mol. The van der Waals surface area contributed by atoms with Crippen LogP contribution in [0.2, 0.25) is 0 Å². The Morgan fingerprint density at radius 3 is 2.90 bits per heavy atom. The van der Waals surface area contributed by atoms with E-state index in [1.807, 2.05) is 23.6 Å². The van der Waals surface area contributed by atoms with E-state index in [1.165, 1.54) is 21.8 Å². The van der Waals surface area contributed by atoms with Crippen molar-refractivity contribution < 1.29 is 4.52 Å². The number of anilines is 1. The van der Waals surface area contributed by atoms with E-state index >= 15 is 0 Å². The van der Waals surface area contributed by atoms with Gasteiger partial charge < -0.3 is 10.3 Å². The first kappa shape index (κ1) is 13.2. The minimum Gasteiger partial charge on any atom is -0.390 e. The van der Waals surface area contributed by atoms with Crippen LogP contribution >= 0.6 is 23.1 Å². The van der Waals surface area contributed by atoms with Crippen molar-refractivity contribution in [3.05, 3.63) is 47.1 Å². The van der Waals surface area contributed by atoms with Gasteiger partial charge in [-0.3, -0.25) is 0 Å². The van der Waals surface area contributed by atoms with Crippen molar-refractivity contribution in [2.75, 3.05) is 5.73 Å². The van der Waals surface area contributed by atoms with Crippen LogP contribution in [0, 0.1) is 6.92 Å². The standard InChI is InChI=1S/C14H13N3OS2/c1-9-4-2-3-5-11(9)20-8-12-16-14(18-17-12)10-6-7-19-13(10)15/h2-7H,8,15H2,1H3. The van der Waals surface area contributed by atoms with Crippen LogP contribution in [0.4, 0.5) is 5.00 Å². The van der Waals surface area contributed by atoms with Gasteiger partial charge in [-0.25, -0.2) is 0 Å². The van der Waals surface area contributed by atoms with Gasteiger partial charge in [0, 0.05) is 4.90 Å². The summed E-state index contributed by atoms with van der Waals surface area (Å²) in [5.41, 5.74) is 7.92. The first-order valence-corrected chi connectivity index (χ1v) is 7.95. The highest BCUT2D eigenvalue weighted by molar-refractivity contribution is 7.98. The Morgan fingerprint density at radius 1 is 1.30 bits per heavy atom. The summed E-state index contributed by atoms with van der Waals surface area (Å²) in [4.78, 5) is 5.62. The smallest absolute Gasteiger partial charge is 0.260 e. The van der Waals surface area contributed by atoms with Crippen molar-refractivity contribution in [3.63, 3.8) is 0 Å². The van der Waals surface area contributed by atoms with Gasteiger partial charge in [-0.15, -0.1) is 23.1 Å². The molecule has 0 aliphatic rings. The van der Waals surface area contributed by atoms with Gasteiger partial charge in [-0.05, 0) is 30.0 Å². The van der Waals surface area contributed by atoms with Gasteiger partial charge >= 0.3 is 0 Å². The van der Waals surface area contributed by atoms with E-state index in [4.69, 9.17) is 10.3 Å². The minimum absolute atomic E-state index is 0.490. The fourth-order valence-corrected chi connectivity index (χ4v) is 3.29. The van der Waals surface area contributed by atoms with Crippen LogP contribution in [0.5, 0.6) is 0 Å². The fourth-order valence-electron chi connectivity index (χ4n) is 1.78. The van der Waals surface area contributed by atoms with Crippen molar-refractivity contribution in [2.45, 2.75) is 17.6 Å². The van der Waals surface area contributed by atoms with E-state index in [9.17, 15) is 0 Å². The van der Waals surface area contributed by atoms with Gasteiger partial charge in [-0.1, -0.05) is 23.4 Å². The summed E-state index contributed by atoms with van der Waals surface area (Å²) in [6, 6.07) is 10.1. The number of thiophene rings is 1. The molecule has 6 heteroatoms. The molecule has 0 unspecified atom stereocenters. The van der Waals surface area contributed by atoms with Crippen molar-refractivity contribution >= 4 is 28.1 Å². The number of hydrogen-bond acceptors (Lipinski definition) is 6. The molecule has 0 saturated carbocycles. The zero-order chi connectivity index (χ0) is 13.9. The third-order valence-corrected chi connectivity index (χ3v) is 4.76. The summed E-state index contributed by atoms with van der Waals surface area (Å²) in [7, 11) is 0. The molecule has 4 nitrogen and oxygen atoms in total. The van der Waals surface area contributed by atoms with Crippen molar-refractivity contribution in [3.8, 4) is 11.5 Å². The molecular weight excluding hydrogens is 290 g/mol. The van der Waals surface area contributed by atoms with Gasteiger partial charge in [0.1, 0.15) is 0 Å². The monoisotopic (exact) mass is 303 g/mol. The van der Waals surface area contributed by atoms with E-state index in [0.29, 0.717) is 22.5 Å². The molecule has 0 radical (unpaired) electrons. The Balaban J connectivity index is 1.72. The first-order chi connectivity index (χ1) is 9.74. The number of nitrogen functional groups attached to an aromatic ring is 1. The summed E-state index contributed by atoms with van der Waals surface area (Å²) < 4.78 is 5.26. The quantitative estimate of drug-likeness (QED) is 0.738. The number of nitrogens with zero attached hydrogens (tertiary/aromatic N) is 2. The Hall–Kier alpha value is -1.79. The average molecular weight is 303 g/mol. The molecular formula is C14H13N3OS2. The van der Waals surface area contributed by atoms with Crippen LogP contribution in [0.3, 0.4) is 0 Å².